The molecule has 2 aromatic rings. The third-order valence-corrected chi connectivity index (χ3v) is 8.14. The van der Waals surface area contributed by atoms with Crippen LogP contribution < -0.4 is 9.47 Å². The summed E-state index contributed by atoms with van der Waals surface area (Å²) >= 11 is 0. The Morgan fingerprint density at radius 1 is 0.919 bits per heavy atom. The van der Waals surface area contributed by atoms with Gasteiger partial charge in [0.25, 0.3) is 0 Å². The van der Waals surface area contributed by atoms with Crippen LogP contribution in [-0.2, 0) is 0 Å². The summed E-state index contributed by atoms with van der Waals surface area (Å²) in [7, 11) is 0. The van der Waals surface area contributed by atoms with Crippen LogP contribution in [-0.4, -0.2) is 12.6 Å². The van der Waals surface area contributed by atoms with E-state index in [0.717, 1.165) is 43.4 Å². The summed E-state index contributed by atoms with van der Waals surface area (Å²) in [5, 5.41) is 8.82. The summed E-state index contributed by atoms with van der Waals surface area (Å²) < 4.78 is 54.4. The number of hydrogen-bond acceptors (Lipinski definition) is 4. The molecule has 0 amide bonds. The van der Waals surface area contributed by atoms with Gasteiger partial charge in [-0.15, -0.1) is 0 Å². The van der Waals surface area contributed by atoms with Crippen molar-refractivity contribution in [1.29, 1.82) is 5.26 Å². The zero-order chi connectivity index (χ0) is 26.4. The highest BCUT2D eigenvalue weighted by atomic mass is 19.2. The zero-order valence-electron chi connectivity index (χ0n) is 21.3. The molecule has 7 heteroatoms. The van der Waals surface area contributed by atoms with Crippen molar-refractivity contribution in [2.45, 2.75) is 71.1 Å². The standard InChI is InChI=1S/C30H34F3NO3/c1-2-3-19-4-10-22(11-5-19)23-12-6-21(7-13-23)18-36-26-16-25(31)27(29(33)28(26)32)30(35)37-24-14-8-20(17-34)9-15-24/h8-9,14-16,19,21-23H,2-7,10-13,18H2,1H3. The number of ether oxygens (including phenoxy) is 2. The number of rotatable bonds is 8. The molecular formula is C30H34F3NO3. The van der Waals surface area contributed by atoms with E-state index in [0.29, 0.717) is 11.6 Å². The van der Waals surface area contributed by atoms with Crippen LogP contribution in [0, 0.1) is 52.5 Å². The summed E-state index contributed by atoms with van der Waals surface area (Å²) in [6.07, 6.45) is 12.1. The normalized spacial score (nSPS) is 23.8. The van der Waals surface area contributed by atoms with Crippen LogP contribution in [0.4, 0.5) is 13.2 Å². The third kappa shape index (κ3) is 6.66. The van der Waals surface area contributed by atoms with E-state index in [9.17, 15) is 18.0 Å². The van der Waals surface area contributed by atoms with E-state index in [4.69, 9.17) is 14.7 Å². The van der Waals surface area contributed by atoms with Gasteiger partial charge in [-0.2, -0.15) is 9.65 Å². The van der Waals surface area contributed by atoms with Crippen molar-refractivity contribution >= 4 is 5.97 Å². The molecule has 0 saturated heterocycles. The second-order valence-electron chi connectivity index (χ2n) is 10.5. The van der Waals surface area contributed by atoms with Crippen molar-refractivity contribution in [3.8, 4) is 17.6 Å². The molecule has 0 heterocycles. The Morgan fingerprint density at radius 2 is 1.51 bits per heavy atom. The number of carbonyl (C=O) groups is 1. The fourth-order valence-corrected chi connectivity index (χ4v) is 6.01. The van der Waals surface area contributed by atoms with Gasteiger partial charge in [-0.05, 0) is 86.5 Å². The lowest BCUT2D eigenvalue weighted by molar-refractivity contribution is 0.0722. The first-order valence-electron chi connectivity index (χ1n) is 13.4. The fourth-order valence-electron chi connectivity index (χ4n) is 6.01. The van der Waals surface area contributed by atoms with Crippen LogP contribution in [0.25, 0.3) is 0 Å². The Hall–Kier alpha value is -3.01. The van der Waals surface area contributed by atoms with Gasteiger partial charge in [-0.1, -0.05) is 32.6 Å². The minimum absolute atomic E-state index is 0.0202. The Kier molecular flexibility index (Phi) is 9.13. The number of benzene rings is 2. The highest BCUT2D eigenvalue weighted by Gasteiger charge is 2.32. The predicted octanol–water partition coefficient (Wildman–Crippen LogP) is 7.99. The molecule has 2 aliphatic rings. The van der Waals surface area contributed by atoms with E-state index in [2.05, 4.69) is 6.92 Å². The maximum absolute atomic E-state index is 14.7. The van der Waals surface area contributed by atoms with Gasteiger partial charge in [0.15, 0.2) is 11.6 Å². The van der Waals surface area contributed by atoms with Crippen LogP contribution >= 0.6 is 0 Å². The maximum atomic E-state index is 14.7. The van der Waals surface area contributed by atoms with E-state index >= 15 is 0 Å². The fraction of sp³-hybridized carbons (Fsp3) is 0.533. The molecule has 0 bridgehead atoms. The van der Waals surface area contributed by atoms with E-state index < -0.39 is 34.7 Å². The van der Waals surface area contributed by atoms with E-state index in [1.807, 2.05) is 6.07 Å². The Balaban J connectivity index is 1.30. The van der Waals surface area contributed by atoms with Gasteiger partial charge < -0.3 is 9.47 Å². The molecule has 2 aromatic carbocycles. The van der Waals surface area contributed by atoms with E-state index in [1.165, 1.54) is 62.8 Å². The first-order chi connectivity index (χ1) is 17.9. The lowest BCUT2D eigenvalue weighted by Crippen LogP contribution is -2.27. The van der Waals surface area contributed by atoms with E-state index in [-0.39, 0.29) is 18.3 Å². The molecule has 0 aromatic heterocycles. The summed E-state index contributed by atoms with van der Waals surface area (Å²) in [4.78, 5) is 12.3. The Bertz CT molecular complexity index is 1110. The molecule has 2 saturated carbocycles. The van der Waals surface area contributed by atoms with Crippen molar-refractivity contribution < 1.29 is 27.4 Å². The van der Waals surface area contributed by atoms with Crippen molar-refractivity contribution in [2.24, 2.45) is 23.7 Å². The molecule has 37 heavy (non-hydrogen) atoms. The highest BCUT2D eigenvalue weighted by Crippen LogP contribution is 2.42. The molecule has 4 nitrogen and oxygen atoms in total. The van der Waals surface area contributed by atoms with Gasteiger partial charge in [0.05, 0.1) is 18.2 Å². The summed E-state index contributed by atoms with van der Waals surface area (Å²) in [6, 6.07) is 8.01. The van der Waals surface area contributed by atoms with Crippen LogP contribution in [0.5, 0.6) is 11.5 Å². The Labute approximate surface area is 216 Å². The van der Waals surface area contributed by atoms with Gasteiger partial charge in [0, 0.05) is 6.07 Å². The predicted molar refractivity (Wildman–Crippen MR) is 134 cm³/mol. The largest absolute Gasteiger partial charge is 0.490 e. The molecule has 0 radical (unpaired) electrons. The van der Waals surface area contributed by atoms with Crippen molar-refractivity contribution in [3.63, 3.8) is 0 Å². The summed E-state index contributed by atoms with van der Waals surface area (Å²) in [6.45, 7) is 2.44. The second-order valence-corrected chi connectivity index (χ2v) is 10.5. The number of nitrogens with zero attached hydrogens (tertiary/aromatic N) is 1. The average molecular weight is 514 g/mol. The summed E-state index contributed by atoms with van der Waals surface area (Å²) in [5.41, 5.74) is -0.795. The van der Waals surface area contributed by atoms with Crippen LogP contribution in [0.2, 0.25) is 0 Å². The average Bonchev–Trinajstić information content (AvgIpc) is 2.91. The van der Waals surface area contributed by atoms with Crippen LogP contribution in [0.1, 0.15) is 87.1 Å². The van der Waals surface area contributed by atoms with Gasteiger partial charge in [0.1, 0.15) is 17.1 Å². The molecule has 4 rings (SSSR count). The number of halogens is 3. The van der Waals surface area contributed by atoms with Gasteiger partial charge in [-0.3, -0.25) is 0 Å². The molecule has 2 fully saturated rings. The van der Waals surface area contributed by atoms with Gasteiger partial charge >= 0.3 is 5.97 Å². The highest BCUT2D eigenvalue weighted by molar-refractivity contribution is 5.92. The minimum atomic E-state index is -1.64. The second kappa shape index (κ2) is 12.5. The van der Waals surface area contributed by atoms with Crippen molar-refractivity contribution in [1.82, 2.24) is 0 Å². The number of nitriles is 1. The summed E-state index contributed by atoms with van der Waals surface area (Å²) in [5.74, 6) is -3.61. The molecule has 0 aliphatic heterocycles. The first-order valence-corrected chi connectivity index (χ1v) is 13.4. The smallest absolute Gasteiger partial charge is 0.349 e. The quantitative estimate of drug-likeness (QED) is 0.204. The molecule has 198 valence electrons. The maximum Gasteiger partial charge on any atom is 0.349 e. The zero-order valence-corrected chi connectivity index (χ0v) is 21.3. The third-order valence-electron chi connectivity index (χ3n) is 8.14. The van der Waals surface area contributed by atoms with Crippen LogP contribution in [0.15, 0.2) is 30.3 Å². The molecule has 2 aliphatic carbocycles. The molecular weight excluding hydrogens is 479 g/mol. The number of hydrogen-bond donors (Lipinski definition) is 0. The van der Waals surface area contributed by atoms with Gasteiger partial charge in [0.2, 0.25) is 5.82 Å². The topological polar surface area (TPSA) is 59.3 Å². The molecule has 0 spiro atoms. The monoisotopic (exact) mass is 513 g/mol. The molecule has 0 unspecified atom stereocenters. The Morgan fingerprint density at radius 3 is 2.08 bits per heavy atom. The molecule has 0 atom stereocenters. The minimum Gasteiger partial charge on any atom is -0.490 e. The van der Waals surface area contributed by atoms with Crippen molar-refractivity contribution in [3.05, 3.63) is 58.9 Å². The SMILES string of the molecule is CCCC1CCC(C2CCC(COc3cc(F)c(C(=O)Oc4ccc(C#N)cc4)c(F)c3F)CC2)CC1. The molecule has 0 N–H and O–H groups in total. The first kappa shape index (κ1) is 27.0. The lowest BCUT2D eigenvalue weighted by Gasteiger charge is -2.37. The number of esters is 1. The van der Waals surface area contributed by atoms with Crippen LogP contribution in [0.3, 0.4) is 0 Å². The van der Waals surface area contributed by atoms with Crippen molar-refractivity contribution in [2.75, 3.05) is 6.61 Å². The van der Waals surface area contributed by atoms with Gasteiger partial charge in [-0.25, -0.2) is 13.6 Å². The number of carbonyl (C=O) groups excluding carboxylic acids is 1. The van der Waals surface area contributed by atoms with E-state index in [1.54, 1.807) is 0 Å². The lowest BCUT2D eigenvalue weighted by atomic mass is 9.69.